The molecule has 1 aromatic carbocycles. The minimum atomic E-state index is -0.494. The number of aromatic nitrogens is 2. The predicted molar refractivity (Wildman–Crippen MR) is 167 cm³/mol. The highest BCUT2D eigenvalue weighted by Gasteiger charge is 2.27. The molecule has 1 amide bonds. The van der Waals surface area contributed by atoms with E-state index in [1.807, 2.05) is 20.8 Å². The first-order valence-electron chi connectivity index (χ1n) is 15.2. The van der Waals surface area contributed by atoms with Crippen LogP contribution in [0.4, 0.5) is 10.2 Å². The average molecular weight is 601 g/mol. The summed E-state index contributed by atoms with van der Waals surface area (Å²) in [4.78, 5) is 25.8. The van der Waals surface area contributed by atoms with Gasteiger partial charge in [-0.1, -0.05) is 6.92 Å². The second-order valence-corrected chi connectivity index (χ2v) is 12.2. The molecule has 4 rings (SSSR count). The van der Waals surface area contributed by atoms with Crippen LogP contribution in [0.3, 0.4) is 0 Å². The van der Waals surface area contributed by atoms with Gasteiger partial charge in [0.25, 0.3) is 5.91 Å². The second-order valence-electron chi connectivity index (χ2n) is 11.2. The van der Waals surface area contributed by atoms with Crippen LogP contribution >= 0.6 is 11.9 Å². The molecule has 1 aliphatic carbocycles. The van der Waals surface area contributed by atoms with E-state index in [4.69, 9.17) is 9.47 Å². The number of halogens is 1. The lowest BCUT2D eigenvalue weighted by molar-refractivity contribution is 0.0397. The zero-order valence-corrected chi connectivity index (χ0v) is 26.1. The maximum Gasteiger partial charge on any atom is 0.257 e. The number of carbonyl (C=O) groups excluding carboxylic acids is 1. The van der Waals surface area contributed by atoms with Crippen LogP contribution in [0.5, 0.6) is 11.5 Å². The van der Waals surface area contributed by atoms with Gasteiger partial charge in [0.1, 0.15) is 17.9 Å². The third-order valence-electron chi connectivity index (χ3n) is 7.89. The molecule has 0 spiro atoms. The summed E-state index contributed by atoms with van der Waals surface area (Å²) in [7, 11) is 0. The number of nitrogens with zero attached hydrogens (tertiary/aromatic N) is 5. The van der Waals surface area contributed by atoms with Gasteiger partial charge < -0.3 is 24.6 Å². The fourth-order valence-corrected chi connectivity index (χ4v) is 6.03. The molecule has 0 unspecified atom stereocenters. The van der Waals surface area contributed by atoms with Crippen molar-refractivity contribution in [3.05, 3.63) is 42.1 Å². The summed E-state index contributed by atoms with van der Waals surface area (Å²) in [5.41, 5.74) is 0.172. The standard InChI is InChI=1S/C31H45FN6O3S/c1-5-38(22(3)4)31(39)27-15-25(32)11-12-28(27)41-29-19-34-21-35-30(29)37-13-14-40-26(20-37)18-33-16-23-7-9-24(10-8-23)17-36-42-6-2/h11-12,15,17,19,21-24,26,33H,5-10,13-14,16,18,20H2,1-4H3/b36-17+/t23?,24?,26-/m0/s1. The van der Waals surface area contributed by atoms with Crippen LogP contribution in [0, 0.1) is 17.7 Å². The van der Waals surface area contributed by atoms with E-state index in [9.17, 15) is 9.18 Å². The van der Waals surface area contributed by atoms with E-state index in [0.717, 1.165) is 18.8 Å². The maximum atomic E-state index is 14.2. The number of benzene rings is 1. The Kier molecular flexibility index (Phi) is 12.4. The summed E-state index contributed by atoms with van der Waals surface area (Å²) in [6, 6.07) is 3.98. The SMILES string of the molecule is CCS/N=C/C1CCC(CNC[C@H]2CN(c3ncncc3Oc3ccc(F)cc3C(=O)N(CC)C(C)C)CCO2)CC1. The van der Waals surface area contributed by atoms with Gasteiger partial charge in [-0.25, -0.2) is 18.8 Å². The van der Waals surface area contributed by atoms with Crippen molar-refractivity contribution in [3.8, 4) is 11.5 Å². The largest absolute Gasteiger partial charge is 0.451 e. The lowest BCUT2D eigenvalue weighted by atomic mass is 9.82. The van der Waals surface area contributed by atoms with Gasteiger partial charge in [-0.15, -0.1) is 0 Å². The van der Waals surface area contributed by atoms with Crippen LogP contribution in [0.2, 0.25) is 0 Å². The molecule has 9 nitrogen and oxygen atoms in total. The fourth-order valence-electron chi connectivity index (χ4n) is 5.62. The van der Waals surface area contributed by atoms with Gasteiger partial charge in [0.15, 0.2) is 11.6 Å². The van der Waals surface area contributed by atoms with Crippen molar-refractivity contribution in [2.24, 2.45) is 16.2 Å². The second kappa shape index (κ2) is 16.2. The molecule has 2 fully saturated rings. The molecule has 0 bridgehead atoms. The van der Waals surface area contributed by atoms with E-state index in [-0.39, 0.29) is 29.4 Å². The highest BCUT2D eigenvalue weighted by atomic mass is 32.2. The van der Waals surface area contributed by atoms with Crippen LogP contribution < -0.4 is 15.0 Å². The van der Waals surface area contributed by atoms with Crippen molar-refractivity contribution < 1.29 is 18.7 Å². The first-order valence-corrected chi connectivity index (χ1v) is 16.1. The monoisotopic (exact) mass is 600 g/mol. The van der Waals surface area contributed by atoms with Crippen LogP contribution in [0.25, 0.3) is 0 Å². The first kappa shape index (κ1) is 32.2. The Balaban J connectivity index is 1.36. The Morgan fingerprint density at radius 1 is 1.26 bits per heavy atom. The summed E-state index contributed by atoms with van der Waals surface area (Å²) in [5, 5.41) is 3.64. The van der Waals surface area contributed by atoms with E-state index in [1.54, 1.807) is 23.0 Å². The number of ether oxygens (including phenoxy) is 2. The smallest absolute Gasteiger partial charge is 0.257 e. The summed E-state index contributed by atoms with van der Waals surface area (Å²) in [6.07, 6.45) is 10.1. The van der Waals surface area contributed by atoms with Gasteiger partial charge in [0.2, 0.25) is 0 Å². The Hall–Kier alpha value is -2.76. The van der Waals surface area contributed by atoms with Crippen molar-refractivity contribution in [3.63, 3.8) is 0 Å². The minimum Gasteiger partial charge on any atom is -0.451 e. The molecule has 2 aromatic rings. The van der Waals surface area contributed by atoms with E-state index in [0.29, 0.717) is 49.6 Å². The fraction of sp³-hybridized carbons (Fsp3) is 0.613. The number of morpholine rings is 1. The summed E-state index contributed by atoms with van der Waals surface area (Å²) in [5.74, 6) is 2.85. The molecule has 1 saturated heterocycles. The van der Waals surface area contributed by atoms with Gasteiger partial charge in [-0.05, 0) is 95.0 Å². The molecule has 2 heterocycles. The Morgan fingerprint density at radius 3 is 2.81 bits per heavy atom. The third kappa shape index (κ3) is 8.87. The minimum absolute atomic E-state index is 0.00298. The normalized spacial score (nSPS) is 21.2. The molecular formula is C31H45FN6O3S. The molecule has 1 N–H and O–H groups in total. The molecule has 1 aliphatic heterocycles. The number of rotatable bonds is 13. The van der Waals surface area contributed by atoms with Crippen molar-refractivity contribution >= 4 is 29.9 Å². The molecular weight excluding hydrogens is 555 g/mol. The molecule has 0 radical (unpaired) electrons. The summed E-state index contributed by atoms with van der Waals surface area (Å²) < 4.78 is 31.0. The number of hydrogen-bond acceptors (Lipinski definition) is 9. The van der Waals surface area contributed by atoms with Gasteiger partial charge >= 0.3 is 0 Å². The van der Waals surface area contributed by atoms with E-state index in [2.05, 4.69) is 37.7 Å². The van der Waals surface area contributed by atoms with Crippen LogP contribution in [0.15, 0.2) is 35.1 Å². The number of carbonyl (C=O) groups is 1. The number of amides is 1. The molecule has 230 valence electrons. The van der Waals surface area contributed by atoms with E-state index in [1.165, 1.54) is 50.2 Å². The zero-order chi connectivity index (χ0) is 29.9. The lowest BCUT2D eigenvalue weighted by Crippen LogP contribution is -2.47. The predicted octanol–water partition coefficient (Wildman–Crippen LogP) is 5.62. The Bertz CT molecular complexity index is 1180. The topological polar surface area (TPSA) is 92.2 Å². The van der Waals surface area contributed by atoms with E-state index >= 15 is 0 Å². The van der Waals surface area contributed by atoms with Gasteiger partial charge in [0, 0.05) is 44.2 Å². The number of nitrogens with one attached hydrogen (secondary N) is 1. The first-order chi connectivity index (χ1) is 20.4. The quantitative estimate of drug-likeness (QED) is 0.234. The summed E-state index contributed by atoms with van der Waals surface area (Å²) >= 11 is 1.63. The zero-order valence-electron chi connectivity index (χ0n) is 25.3. The number of hydrogen-bond donors (Lipinski definition) is 1. The van der Waals surface area contributed by atoms with Crippen molar-refractivity contribution in [2.75, 3.05) is 50.0 Å². The van der Waals surface area contributed by atoms with Crippen LogP contribution in [0.1, 0.15) is 63.7 Å². The highest BCUT2D eigenvalue weighted by molar-refractivity contribution is 7.98. The van der Waals surface area contributed by atoms with Gasteiger partial charge in [-0.2, -0.15) is 0 Å². The van der Waals surface area contributed by atoms with E-state index < -0.39 is 5.82 Å². The van der Waals surface area contributed by atoms with Crippen molar-refractivity contribution in [1.82, 2.24) is 20.2 Å². The van der Waals surface area contributed by atoms with Crippen molar-refractivity contribution in [1.29, 1.82) is 0 Å². The Labute approximate surface area is 253 Å². The number of anilines is 1. The van der Waals surface area contributed by atoms with Gasteiger partial charge in [0.05, 0.1) is 24.5 Å². The van der Waals surface area contributed by atoms with Gasteiger partial charge in [-0.3, -0.25) is 4.79 Å². The molecule has 1 saturated carbocycles. The van der Waals surface area contributed by atoms with Crippen molar-refractivity contribution in [2.45, 2.75) is 65.5 Å². The molecule has 2 aliphatic rings. The lowest BCUT2D eigenvalue weighted by Gasteiger charge is -2.35. The average Bonchev–Trinajstić information content (AvgIpc) is 2.99. The Morgan fingerprint density at radius 2 is 2.07 bits per heavy atom. The molecule has 1 atom stereocenters. The van der Waals surface area contributed by atoms with Crippen LogP contribution in [-0.2, 0) is 4.74 Å². The summed E-state index contributed by atoms with van der Waals surface area (Å²) in [6.45, 7) is 12.0. The third-order valence-corrected chi connectivity index (χ3v) is 8.41. The molecule has 1 aromatic heterocycles. The van der Waals surface area contributed by atoms with Crippen LogP contribution in [-0.4, -0.2) is 84.2 Å². The molecule has 42 heavy (non-hydrogen) atoms. The maximum absolute atomic E-state index is 14.2. The highest BCUT2D eigenvalue weighted by Crippen LogP contribution is 2.33. The molecule has 11 heteroatoms.